The summed E-state index contributed by atoms with van der Waals surface area (Å²) in [6, 6.07) is 12.6. The van der Waals surface area contributed by atoms with Gasteiger partial charge in [0.15, 0.2) is 17.3 Å². The number of hydrogen-bond donors (Lipinski definition) is 0. The molecule has 36 heavy (non-hydrogen) atoms. The van der Waals surface area contributed by atoms with Gasteiger partial charge in [0, 0.05) is 23.8 Å². The molecule has 186 valence electrons. The number of hydrogen-bond acceptors (Lipinski definition) is 9. The Morgan fingerprint density at radius 3 is 1.97 bits per heavy atom. The van der Waals surface area contributed by atoms with E-state index in [0.29, 0.717) is 39.9 Å². The molecule has 9 nitrogen and oxygen atoms in total. The third-order valence-electron chi connectivity index (χ3n) is 5.46. The molecule has 0 saturated heterocycles. The van der Waals surface area contributed by atoms with Crippen LogP contribution >= 0.6 is 0 Å². The van der Waals surface area contributed by atoms with Crippen LogP contribution in [0, 0.1) is 0 Å². The Morgan fingerprint density at radius 1 is 0.722 bits per heavy atom. The van der Waals surface area contributed by atoms with Crippen molar-refractivity contribution in [2.24, 2.45) is 0 Å². The molecule has 9 heteroatoms. The summed E-state index contributed by atoms with van der Waals surface area (Å²) in [6.07, 6.45) is 1.55. The summed E-state index contributed by atoms with van der Waals surface area (Å²) in [4.78, 5) is 25.7. The van der Waals surface area contributed by atoms with Gasteiger partial charge in [-0.05, 0) is 36.4 Å². The maximum absolute atomic E-state index is 12.9. The van der Waals surface area contributed by atoms with Gasteiger partial charge in [-0.15, -0.1) is 0 Å². The molecular formula is C27H24O9. The van der Waals surface area contributed by atoms with Gasteiger partial charge in [-0.3, -0.25) is 4.79 Å². The molecule has 1 heterocycles. The highest BCUT2D eigenvalue weighted by molar-refractivity contribution is 6.14. The molecule has 0 N–H and O–H groups in total. The number of carbonyl (C=O) groups excluding carboxylic acids is 2. The van der Waals surface area contributed by atoms with Gasteiger partial charge in [0.2, 0.25) is 5.78 Å². The zero-order valence-electron chi connectivity index (χ0n) is 20.4. The fraction of sp³-hybridized carbons (Fsp3) is 0.185. The highest BCUT2D eigenvalue weighted by atomic mass is 16.5. The van der Waals surface area contributed by atoms with Crippen LogP contribution in [0.5, 0.6) is 40.2 Å². The number of Topliss-reactive ketones (excluding diaryl/α,β-unsaturated/α-hetero) is 1. The fourth-order valence-electron chi connectivity index (χ4n) is 3.63. The standard InChI is InChI=1S/C27H24O9/c1-30-18-8-16(9-19(12-18)31-2)27(29)35-17-6-7-20-22(13-17)36-25(26(20)28)11-15-10-23(33-4)24(34-5)14-21(15)32-3/h6-14H,1-5H3/b25-11-. The maximum Gasteiger partial charge on any atom is 0.343 e. The molecule has 0 fully saturated rings. The SMILES string of the molecule is COc1cc(OC)cc(C(=O)Oc2ccc3c(c2)O/C(=C\c2cc(OC)c(OC)cc2OC)C3=O)c1. The molecule has 0 atom stereocenters. The Morgan fingerprint density at radius 2 is 1.36 bits per heavy atom. The average molecular weight is 492 g/mol. The third kappa shape index (κ3) is 4.76. The van der Waals surface area contributed by atoms with Gasteiger partial charge in [-0.25, -0.2) is 4.79 Å². The number of methoxy groups -OCH3 is 5. The van der Waals surface area contributed by atoms with E-state index < -0.39 is 5.97 Å². The van der Waals surface area contributed by atoms with Crippen LogP contribution in [0.15, 0.2) is 54.3 Å². The van der Waals surface area contributed by atoms with Gasteiger partial charge in [0.05, 0.1) is 46.7 Å². The first kappa shape index (κ1) is 24.5. The summed E-state index contributed by atoms with van der Waals surface area (Å²) in [6.45, 7) is 0. The van der Waals surface area contributed by atoms with Crippen molar-refractivity contribution in [2.75, 3.05) is 35.5 Å². The first-order chi connectivity index (χ1) is 17.4. The minimum Gasteiger partial charge on any atom is -0.497 e. The Balaban J connectivity index is 1.59. The molecule has 4 rings (SSSR count). The Hall–Kier alpha value is -4.66. The fourth-order valence-corrected chi connectivity index (χ4v) is 3.63. The molecule has 0 spiro atoms. The van der Waals surface area contributed by atoms with Crippen molar-refractivity contribution >= 4 is 17.8 Å². The predicted octanol–water partition coefficient (Wildman–Crippen LogP) is 4.57. The normalized spacial score (nSPS) is 13.0. The Bertz CT molecular complexity index is 1340. The summed E-state index contributed by atoms with van der Waals surface area (Å²) in [5.74, 6) is 1.92. The lowest BCUT2D eigenvalue weighted by Gasteiger charge is -2.12. The molecular weight excluding hydrogens is 468 g/mol. The monoisotopic (exact) mass is 492 g/mol. The van der Waals surface area contributed by atoms with E-state index in [-0.39, 0.29) is 28.6 Å². The van der Waals surface area contributed by atoms with E-state index in [1.54, 1.807) is 30.3 Å². The molecule has 0 unspecified atom stereocenters. The molecule has 1 aliphatic rings. The van der Waals surface area contributed by atoms with Crippen LogP contribution in [0.25, 0.3) is 6.08 Å². The van der Waals surface area contributed by atoms with Crippen molar-refractivity contribution < 1.29 is 42.7 Å². The van der Waals surface area contributed by atoms with Gasteiger partial charge >= 0.3 is 5.97 Å². The zero-order chi connectivity index (χ0) is 25.8. The summed E-state index contributed by atoms with van der Waals surface area (Å²) >= 11 is 0. The van der Waals surface area contributed by atoms with E-state index >= 15 is 0 Å². The summed E-state index contributed by atoms with van der Waals surface area (Å²) in [5.41, 5.74) is 1.14. The van der Waals surface area contributed by atoms with E-state index in [0.717, 1.165) is 0 Å². The number of esters is 1. The minimum absolute atomic E-state index is 0.0801. The molecule has 1 aliphatic heterocycles. The summed E-state index contributed by atoms with van der Waals surface area (Å²) < 4.78 is 37.8. The predicted molar refractivity (Wildman–Crippen MR) is 130 cm³/mol. The Kier molecular flexibility index (Phi) is 7.00. The molecule has 0 amide bonds. The molecule has 0 aliphatic carbocycles. The molecule has 0 aromatic heterocycles. The van der Waals surface area contributed by atoms with Gasteiger partial charge in [-0.2, -0.15) is 0 Å². The second-order valence-electron chi connectivity index (χ2n) is 7.54. The van der Waals surface area contributed by atoms with Gasteiger partial charge in [0.25, 0.3) is 0 Å². The number of allylic oxidation sites excluding steroid dienone is 1. The second kappa shape index (κ2) is 10.3. The van der Waals surface area contributed by atoms with Crippen LogP contribution in [-0.4, -0.2) is 47.3 Å². The Labute approximate surface area is 207 Å². The number of ketones is 1. The highest BCUT2D eigenvalue weighted by Gasteiger charge is 2.29. The second-order valence-corrected chi connectivity index (χ2v) is 7.54. The molecule has 0 radical (unpaired) electrons. The molecule has 0 saturated carbocycles. The van der Waals surface area contributed by atoms with Crippen molar-refractivity contribution in [2.45, 2.75) is 0 Å². The van der Waals surface area contributed by atoms with Crippen LogP contribution < -0.4 is 33.2 Å². The van der Waals surface area contributed by atoms with Crippen molar-refractivity contribution in [1.82, 2.24) is 0 Å². The number of ether oxygens (including phenoxy) is 7. The van der Waals surface area contributed by atoms with Crippen LogP contribution in [0.3, 0.4) is 0 Å². The molecule has 3 aromatic rings. The van der Waals surface area contributed by atoms with Crippen molar-refractivity contribution in [1.29, 1.82) is 0 Å². The van der Waals surface area contributed by atoms with Crippen molar-refractivity contribution in [3.05, 3.63) is 71.0 Å². The van der Waals surface area contributed by atoms with Gasteiger partial charge < -0.3 is 33.2 Å². The number of carbonyl (C=O) groups is 2. The number of benzene rings is 3. The summed E-state index contributed by atoms with van der Waals surface area (Å²) in [5, 5.41) is 0. The minimum atomic E-state index is -0.623. The lowest BCUT2D eigenvalue weighted by atomic mass is 10.1. The number of rotatable bonds is 8. The topological polar surface area (TPSA) is 98.8 Å². The van der Waals surface area contributed by atoms with Crippen LogP contribution in [-0.2, 0) is 0 Å². The van der Waals surface area contributed by atoms with Crippen molar-refractivity contribution in [3.8, 4) is 40.2 Å². The maximum atomic E-state index is 12.9. The van der Waals surface area contributed by atoms with E-state index in [9.17, 15) is 9.59 Å². The van der Waals surface area contributed by atoms with E-state index in [2.05, 4.69) is 0 Å². The zero-order valence-corrected chi connectivity index (χ0v) is 20.4. The van der Waals surface area contributed by atoms with Crippen LogP contribution in [0.4, 0.5) is 0 Å². The molecule has 0 bridgehead atoms. The smallest absolute Gasteiger partial charge is 0.343 e. The van der Waals surface area contributed by atoms with Crippen molar-refractivity contribution in [3.63, 3.8) is 0 Å². The lowest BCUT2D eigenvalue weighted by molar-refractivity contribution is 0.0733. The quantitative estimate of drug-likeness (QED) is 0.254. The first-order valence-electron chi connectivity index (χ1n) is 10.7. The average Bonchev–Trinajstić information content (AvgIpc) is 3.21. The van der Waals surface area contributed by atoms with Gasteiger partial charge in [0.1, 0.15) is 28.7 Å². The van der Waals surface area contributed by atoms with E-state index in [1.165, 1.54) is 59.8 Å². The first-order valence-corrected chi connectivity index (χ1v) is 10.7. The van der Waals surface area contributed by atoms with E-state index in [4.69, 9.17) is 33.2 Å². The molecule has 3 aromatic carbocycles. The number of fused-ring (bicyclic) bond motifs is 1. The van der Waals surface area contributed by atoms with E-state index in [1.807, 2.05) is 0 Å². The highest BCUT2D eigenvalue weighted by Crippen LogP contribution is 2.39. The van der Waals surface area contributed by atoms with Gasteiger partial charge in [-0.1, -0.05) is 0 Å². The third-order valence-corrected chi connectivity index (χ3v) is 5.46. The van der Waals surface area contributed by atoms with Crippen LogP contribution in [0.1, 0.15) is 26.3 Å². The largest absolute Gasteiger partial charge is 0.497 e. The van der Waals surface area contributed by atoms with Crippen LogP contribution in [0.2, 0.25) is 0 Å². The summed E-state index contributed by atoms with van der Waals surface area (Å²) in [7, 11) is 7.51. The lowest BCUT2D eigenvalue weighted by Crippen LogP contribution is -2.09.